The van der Waals surface area contributed by atoms with Crippen molar-refractivity contribution in [2.75, 3.05) is 6.61 Å². The van der Waals surface area contributed by atoms with Crippen LogP contribution in [-0.2, 0) is 4.74 Å². The monoisotopic (exact) mass is 412 g/mol. The maximum Gasteiger partial charge on any atom is 0.0612 e. The lowest BCUT2D eigenvalue weighted by Crippen LogP contribution is -2.46. The Labute approximate surface area is 187 Å². The van der Waals surface area contributed by atoms with Gasteiger partial charge < -0.3 is 4.74 Å². The standard InChI is InChI=1S/C29H48O/c1-7-30-23-15-17-28(5)22(19-23)11-12-24-26-14-13-25(21(4)10-8-9-20(2)3)29(26,6)18-16-27(24)28/h11-12,20-21,23,25-27H,7-10,13-19H2,1-6H3/t21-,23?,25-,26+,27+,28+,29-/m1/s1. The molecule has 30 heavy (non-hydrogen) atoms. The predicted octanol–water partition coefficient (Wildman–Crippen LogP) is 8.35. The maximum absolute atomic E-state index is 6.02. The van der Waals surface area contributed by atoms with E-state index in [0.717, 1.165) is 36.2 Å². The zero-order valence-electron chi connectivity index (χ0n) is 20.8. The first kappa shape index (κ1) is 22.6. The van der Waals surface area contributed by atoms with E-state index in [4.69, 9.17) is 4.74 Å². The second kappa shape index (κ2) is 8.76. The molecule has 0 saturated heterocycles. The molecule has 0 bridgehead atoms. The summed E-state index contributed by atoms with van der Waals surface area (Å²) >= 11 is 0. The minimum absolute atomic E-state index is 0.403. The van der Waals surface area contributed by atoms with Crippen LogP contribution in [0.1, 0.15) is 106 Å². The van der Waals surface area contributed by atoms with Crippen LogP contribution in [0, 0.1) is 40.4 Å². The first-order valence-electron chi connectivity index (χ1n) is 13.3. The fourth-order valence-electron chi connectivity index (χ4n) is 8.37. The number of ether oxygens (including phenoxy) is 1. The first-order valence-corrected chi connectivity index (χ1v) is 13.3. The molecule has 1 heteroatoms. The van der Waals surface area contributed by atoms with E-state index in [2.05, 4.69) is 53.7 Å². The smallest absolute Gasteiger partial charge is 0.0612 e. The van der Waals surface area contributed by atoms with Crippen molar-refractivity contribution in [2.45, 2.75) is 112 Å². The molecule has 0 radical (unpaired) electrons. The van der Waals surface area contributed by atoms with Gasteiger partial charge >= 0.3 is 0 Å². The molecule has 4 aliphatic carbocycles. The summed E-state index contributed by atoms with van der Waals surface area (Å²) in [6, 6.07) is 0. The van der Waals surface area contributed by atoms with Crippen LogP contribution in [0.25, 0.3) is 0 Å². The lowest BCUT2D eigenvalue weighted by Gasteiger charge is -2.55. The Morgan fingerprint density at radius 2 is 1.77 bits per heavy atom. The maximum atomic E-state index is 6.02. The Morgan fingerprint density at radius 1 is 0.967 bits per heavy atom. The summed E-state index contributed by atoms with van der Waals surface area (Å²) in [6.07, 6.45) is 19.4. The molecule has 1 nitrogen and oxygen atoms in total. The van der Waals surface area contributed by atoms with Crippen molar-refractivity contribution < 1.29 is 4.74 Å². The predicted molar refractivity (Wildman–Crippen MR) is 128 cm³/mol. The molecule has 0 spiro atoms. The SMILES string of the molecule is CCOC1CC[C@@]2(C)C(=CC=C3[C@@H]4CC[C@H]([C@H](C)CCCC(C)C)[C@@]4(C)CC[C@@H]32)C1. The van der Waals surface area contributed by atoms with Crippen LogP contribution in [0.3, 0.4) is 0 Å². The third kappa shape index (κ3) is 3.87. The Morgan fingerprint density at radius 3 is 2.50 bits per heavy atom. The van der Waals surface area contributed by atoms with E-state index in [0.29, 0.717) is 16.9 Å². The zero-order valence-corrected chi connectivity index (χ0v) is 20.8. The Hall–Kier alpha value is -0.560. The largest absolute Gasteiger partial charge is 0.378 e. The highest BCUT2D eigenvalue weighted by Crippen LogP contribution is 2.66. The number of fused-ring (bicyclic) bond motifs is 5. The van der Waals surface area contributed by atoms with Gasteiger partial charge in [-0.2, -0.15) is 0 Å². The summed E-state index contributed by atoms with van der Waals surface area (Å²) in [7, 11) is 0. The molecule has 3 fully saturated rings. The average Bonchev–Trinajstić information content (AvgIpc) is 3.05. The highest BCUT2D eigenvalue weighted by atomic mass is 16.5. The molecule has 0 aliphatic heterocycles. The molecule has 3 saturated carbocycles. The second-order valence-electron chi connectivity index (χ2n) is 12.2. The lowest BCUT2D eigenvalue weighted by atomic mass is 9.50. The molecule has 4 aliphatic rings. The van der Waals surface area contributed by atoms with Crippen molar-refractivity contribution in [1.82, 2.24) is 0 Å². The Bertz CT molecular complexity index is 672. The number of hydrogen-bond donors (Lipinski definition) is 0. The van der Waals surface area contributed by atoms with Gasteiger partial charge in [-0.1, -0.05) is 77.2 Å². The molecule has 170 valence electrons. The highest BCUT2D eigenvalue weighted by molar-refractivity contribution is 5.38. The quantitative estimate of drug-likeness (QED) is 0.408. The van der Waals surface area contributed by atoms with Crippen molar-refractivity contribution in [3.8, 4) is 0 Å². The molecule has 0 N–H and O–H groups in total. The van der Waals surface area contributed by atoms with Crippen LogP contribution < -0.4 is 0 Å². The topological polar surface area (TPSA) is 9.23 Å². The van der Waals surface area contributed by atoms with E-state index in [9.17, 15) is 0 Å². The number of rotatable bonds is 7. The van der Waals surface area contributed by atoms with E-state index >= 15 is 0 Å². The molecule has 0 amide bonds. The van der Waals surface area contributed by atoms with Crippen molar-refractivity contribution in [3.05, 3.63) is 23.3 Å². The molecular weight excluding hydrogens is 364 g/mol. The fourth-order valence-corrected chi connectivity index (χ4v) is 8.37. The molecule has 0 aromatic carbocycles. The van der Waals surface area contributed by atoms with Gasteiger partial charge in [0.2, 0.25) is 0 Å². The van der Waals surface area contributed by atoms with Crippen molar-refractivity contribution in [2.24, 2.45) is 40.4 Å². The van der Waals surface area contributed by atoms with Gasteiger partial charge in [0, 0.05) is 6.61 Å². The van der Waals surface area contributed by atoms with Gasteiger partial charge in [-0.3, -0.25) is 0 Å². The van der Waals surface area contributed by atoms with Crippen LogP contribution in [0.5, 0.6) is 0 Å². The van der Waals surface area contributed by atoms with E-state index in [-0.39, 0.29) is 0 Å². The van der Waals surface area contributed by atoms with Crippen molar-refractivity contribution in [3.63, 3.8) is 0 Å². The molecule has 0 heterocycles. The third-order valence-corrected chi connectivity index (χ3v) is 10.1. The van der Waals surface area contributed by atoms with Crippen LogP contribution in [0.15, 0.2) is 23.3 Å². The molecule has 7 atom stereocenters. The number of hydrogen-bond acceptors (Lipinski definition) is 1. The van der Waals surface area contributed by atoms with E-state index < -0.39 is 0 Å². The summed E-state index contributed by atoms with van der Waals surface area (Å²) in [5.74, 6) is 4.32. The normalized spacial score (nSPS) is 41.6. The van der Waals surface area contributed by atoms with E-state index in [1.165, 1.54) is 64.2 Å². The number of allylic oxidation sites excluding steroid dienone is 3. The average molecular weight is 413 g/mol. The van der Waals surface area contributed by atoms with Gasteiger partial charge in [0.25, 0.3) is 0 Å². The summed E-state index contributed by atoms with van der Waals surface area (Å²) < 4.78 is 6.02. The van der Waals surface area contributed by atoms with Crippen LogP contribution in [-0.4, -0.2) is 12.7 Å². The molecular formula is C29H48O. The summed E-state index contributed by atoms with van der Waals surface area (Å²) in [5.41, 5.74) is 4.49. The van der Waals surface area contributed by atoms with E-state index in [1.807, 2.05) is 5.57 Å². The molecule has 0 aromatic rings. The third-order valence-electron chi connectivity index (χ3n) is 10.1. The van der Waals surface area contributed by atoms with Gasteiger partial charge in [0.1, 0.15) is 0 Å². The molecule has 1 unspecified atom stereocenters. The Balaban J connectivity index is 1.51. The van der Waals surface area contributed by atoms with Crippen molar-refractivity contribution >= 4 is 0 Å². The molecule has 0 aromatic heterocycles. The summed E-state index contributed by atoms with van der Waals surface area (Å²) in [6.45, 7) is 15.6. The minimum Gasteiger partial charge on any atom is -0.378 e. The molecule has 4 rings (SSSR count). The van der Waals surface area contributed by atoms with Gasteiger partial charge in [0.15, 0.2) is 0 Å². The minimum atomic E-state index is 0.403. The first-order chi connectivity index (χ1) is 14.3. The van der Waals surface area contributed by atoms with Gasteiger partial charge in [-0.05, 0) is 92.3 Å². The van der Waals surface area contributed by atoms with Crippen molar-refractivity contribution in [1.29, 1.82) is 0 Å². The lowest BCUT2D eigenvalue weighted by molar-refractivity contribution is 0.00469. The van der Waals surface area contributed by atoms with Gasteiger partial charge in [0.05, 0.1) is 6.10 Å². The van der Waals surface area contributed by atoms with Gasteiger partial charge in [-0.25, -0.2) is 0 Å². The van der Waals surface area contributed by atoms with Gasteiger partial charge in [-0.15, -0.1) is 0 Å². The zero-order chi connectivity index (χ0) is 21.5. The van der Waals surface area contributed by atoms with Crippen LogP contribution in [0.4, 0.5) is 0 Å². The van der Waals surface area contributed by atoms with E-state index in [1.54, 1.807) is 5.57 Å². The van der Waals surface area contributed by atoms with Crippen LogP contribution in [0.2, 0.25) is 0 Å². The summed E-state index contributed by atoms with van der Waals surface area (Å²) in [4.78, 5) is 0. The van der Waals surface area contributed by atoms with Crippen LogP contribution >= 0.6 is 0 Å². The summed E-state index contributed by atoms with van der Waals surface area (Å²) in [5, 5.41) is 0. The second-order valence-corrected chi connectivity index (χ2v) is 12.2. The highest BCUT2D eigenvalue weighted by Gasteiger charge is 2.56. The fraction of sp³-hybridized carbons (Fsp3) is 0.862. The Kier molecular flexibility index (Phi) is 6.61.